The highest BCUT2D eigenvalue weighted by Gasteiger charge is 2.17. The van der Waals surface area contributed by atoms with Crippen LogP contribution >= 0.6 is 0 Å². The Bertz CT molecular complexity index is 3620. The summed E-state index contributed by atoms with van der Waals surface area (Å²) in [4.78, 5) is 2.37. The summed E-state index contributed by atoms with van der Waals surface area (Å²) in [6.07, 6.45) is 0. The summed E-state index contributed by atoms with van der Waals surface area (Å²) in [5.74, 6) is 0. The zero-order chi connectivity index (χ0) is 43.8. The second-order valence-corrected chi connectivity index (χ2v) is 16.9. The van der Waals surface area contributed by atoms with Gasteiger partial charge in [0, 0.05) is 27.8 Å². The molecular weight excluding hydrogens is 799 g/mol. The van der Waals surface area contributed by atoms with E-state index in [0.717, 1.165) is 61.3 Å². The van der Waals surface area contributed by atoms with Gasteiger partial charge in [-0.15, -0.1) is 0 Å². The molecule has 310 valence electrons. The van der Waals surface area contributed by atoms with Gasteiger partial charge < -0.3 is 9.32 Å². The number of anilines is 3. The van der Waals surface area contributed by atoms with E-state index in [9.17, 15) is 0 Å². The molecule has 0 radical (unpaired) electrons. The Balaban J connectivity index is 0.947. The number of para-hydroxylation sites is 1. The number of benzene rings is 11. The van der Waals surface area contributed by atoms with Gasteiger partial charge in [0.2, 0.25) is 0 Å². The first-order chi connectivity index (χ1) is 32.7. The Hall–Kier alpha value is -8.72. The first-order valence-corrected chi connectivity index (χ1v) is 22.6. The molecule has 0 aliphatic carbocycles. The molecule has 0 amide bonds. The van der Waals surface area contributed by atoms with Gasteiger partial charge in [-0.05, 0) is 156 Å². The molecule has 0 saturated carbocycles. The molecule has 0 spiro atoms. The van der Waals surface area contributed by atoms with Crippen LogP contribution in [0.15, 0.2) is 265 Å². The summed E-state index contributed by atoms with van der Waals surface area (Å²) in [7, 11) is 0. The molecule has 0 saturated heterocycles. The smallest absolute Gasteiger partial charge is 0.135 e. The van der Waals surface area contributed by atoms with Crippen LogP contribution in [0.1, 0.15) is 0 Å². The van der Waals surface area contributed by atoms with Crippen molar-refractivity contribution in [3.05, 3.63) is 261 Å². The zero-order valence-electron chi connectivity index (χ0n) is 36.2. The van der Waals surface area contributed by atoms with Gasteiger partial charge >= 0.3 is 0 Å². The van der Waals surface area contributed by atoms with Gasteiger partial charge in [-0.2, -0.15) is 0 Å². The molecule has 12 aromatic rings. The van der Waals surface area contributed by atoms with Crippen LogP contribution in [0, 0.1) is 0 Å². The molecular formula is C64H43NO. The van der Waals surface area contributed by atoms with Crippen molar-refractivity contribution in [3.63, 3.8) is 0 Å². The van der Waals surface area contributed by atoms with E-state index in [4.69, 9.17) is 4.42 Å². The van der Waals surface area contributed by atoms with Crippen LogP contribution in [0.5, 0.6) is 0 Å². The number of hydrogen-bond donors (Lipinski definition) is 0. The zero-order valence-corrected chi connectivity index (χ0v) is 36.2. The van der Waals surface area contributed by atoms with Crippen LogP contribution in [-0.4, -0.2) is 0 Å². The van der Waals surface area contributed by atoms with Crippen molar-refractivity contribution in [2.24, 2.45) is 0 Å². The Labute approximate surface area is 384 Å². The van der Waals surface area contributed by atoms with E-state index in [2.05, 4.69) is 254 Å². The lowest BCUT2D eigenvalue weighted by Gasteiger charge is -2.26. The summed E-state index contributed by atoms with van der Waals surface area (Å²) in [6, 6.07) is 94.0. The lowest BCUT2D eigenvalue weighted by Crippen LogP contribution is -2.10. The van der Waals surface area contributed by atoms with Crippen molar-refractivity contribution in [1.29, 1.82) is 0 Å². The SMILES string of the molecule is c1ccc(-c2cc(-c3ccccc3)cc(-c3ccc(N(c4ccc(-c5ccc6oc7ccccc7c6c5)cc4)c4cccc(-c5cccc(-c6cccc7ccccc67)c5)c4)cc3)c2)cc1. The first-order valence-electron chi connectivity index (χ1n) is 22.6. The van der Waals surface area contributed by atoms with Crippen LogP contribution < -0.4 is 4.90 Å². The van der Waals surface area contributed by atoms with Crippen LogP contribution in [0.3, 0.4) is 0 Å². The van der Waals surface area contributed by atoms with Gasteiger partial charge in [-0.25, -0.2) is 0 Å². The fraction of sp³-hybridized carbons (Fsp3) is 0. The summed E-state index contributed by atoms with van der Waals surface area (Å²) < 4.78 is 6.16. The summed E-state index contributed by atoms with van der Waals surface area (Å²) in [5, 5.41) is 4.75. The minimum absolute atomic E-state index is 0.900. The van der Waals surface area contributed by atoms with E-state index in [0.29, 0.717) is 0 Å². The van der Waals surface area contributed by atoms with Gasteiger partial charge in [0.15, 0.2) is 0 Å². The van der Waals surface area contributed by atoms with Gasteiger partial charge in [0.25, 0.3) is 0 Å². The van der Waals surface area contributed by atoms with Crippen molar-refractivity contribution in [3.8, 4) is 66.8 Å². The minimum Gasteiger partial charge on any atom is -0.456 e. The quantitative estimate of drug-likeness (QED) is 0.144. The highest BCUT2D eigenvalue weighted by Crippen LogP contribution is 2.41. The lowest BCUT2D eigenvalue weighted by atomic mass is 9.93. The highest BCUT2D eigenvalue weighted by atomic mass is 16.3. The predicted octanol–water partition coefficient (Wildman–Crippen LogP) is 18.2. The molecule has 2 heteroatoms. The van der Waals surface area contributed by atoms with E-state index in [1.54, 1.807) is 0 Å². The molecule has 0 fully saturated rings. The number of fused-ring (bicyclic) bond motifs is 4. The van der Waals surface area contributed by atoms with Crippen molar-refractivity contribution >= 4 is 49.8 Å². The standard InChI is InChI=1S/C64H43NO/c1-3-14-44(15-4-1)53-39-54(45-16-5-2-6-17-45)41-55(40-53)47-30-35-57(36-31-47)65(56-33-28-46(29-34-56)51-32-37-64-62(43-51)61-25-9-10-27-63(61)66-64)58-23-12-21-50(42-58)49-20-11-22-52(38-49)60-26-13-19-48-18-7-8-24-59(48)60/h1-43H. The number of rotatable bonds is 9. The summed E-state index contributed by atoms with van der Waals surface area (Å²) in [6.45, 7) is 0. The van der Waals surface area contributed by atoms with E-state index in [-0.39, 0.29) is 0 Å². The third-order valence-corrected chi connectivity index (χ3v) is 12.8. The monoisotopic (exact) mass is 841 g/mol. The number of nitrogens with zero attached hydrogens (tertiary/aromatic N) is 1. The van der Waals surface area contributed by atoms with Crippen molar-refractivity contribution in [1.82, 2.24) is 0 Å². The van der Waals surface area contributed by atoms with E-state index < -0.39 is 0 Å². The number of hydrogen-bond acceptors (Lipinski definition) is 2. The van der Waals surface area contributed by atoms with Crippen LogP contribution in [0.2, 0.25) is 0 Å². The second-order valence-electron chi connectivity index (χ2n) is 16.9. The third kappa shape index (κ3) is 7.41. The predicted molar refractivity (Wildman–Crippen MR) is 279 cm³/mol. The molecule has 11 aromatic carbocycles. The Kier molecular flexibility index (Phi) is 9.89. The van der Waals surface area contributed by atoms with E-state index in [1.165, 1.54) is 55.3 Å². The van der Waals surface area contributed by atoms with Crippen molar-refractivity contribution in [2.45, 2.75) is 0 Å². The largest absolute Gasteiger partial charge is 0.456 e. The van der Waals surface area contributed by atoms with Crippen LogP contribution in [0.25, 0.3) is 99.5 Å². The average molecular weight is 842 g/mol. The molecule has 1 heterocycles. The average Bonchev–Trinajstić information content (AvgIpc) is 3.78. The fourth-order valence-corrected chi connectivity index (χ4v) is 9.52. The second kappa shape index (κ2) is 16.8. The van der Waals surface area contributed by atoms with Crippen LogP contribution in [0.4, 0.5) is 17.1 Å². The highest BCUT2D eigenvalue weighted by molar-refractivity contribution is 6.06. The van der Waals surface area contributed by atoms with Gasteiger partial charge in [0.05, 0.1) is 0 Å². The van der Waals surface area contributed by atoms with Crippen molar-refractivity contribution < 1.29 is 4.42 Å². The minimum atomic E-state index is 0.900. The molecule has 0 unspecified atom stereocenters. The lowest BCUT2D eigenvalue weighted by molar-refractivity contribution is 0.669. The van der Waals surface area contributed by atoms with E-state index >= 15 is 0 Å². The summed E-state index contributed by atoms with van der Waals surface area (Å²) in [5.41, 5.74) is 19.2. The normalized spacial score (nSPS) is 11.3. The van der Waals surface area contributed by atoms with E-state index in [1.807, 2.05) is 12.1 Å². The molecule has 66 heavy (non-hydrogen) atoms. The van der Waals surface area contributed by atoms with Gasteiger partial charge in [0.1, 0.15) is 11.2 Å². The first kappa shape index (κ1) is 38.9. The molecule has 0 bridgehead atoms. The molecule has 0 atom stereocenters. The Morgan fingerprint density at radius 3 is 1.35 bits per heavy atom. The molecule has 0 aliphatic rings. The third-order valence-electron chi connectivity index (χ3n) is 12.8. The molecule has 2 nitrogen and oxygen atoms in total. The molecule has 12 rings (SSSR count). The maximum Gasteiger partial charge on any atom is 0.135 e. The Morgan fingerprint density at radius 1 is 0.227 bits per heavy atom. The molecule has 0 N–H and O–H groups in total. The topological polar surface area (TPSA) is 16.4 Å². The maximum absolute atomic E-state index is 6.16. The molecule has 1 aromatic heterocycles. The Morgan fingerprint density at radius 2 is 0.667 bits per heavy atom. The summed E-state index contributed by atoms with van der Waals surface area (Å²) >= 11 is 0. The van der Waals surface area contributed by atoms with Gasteiger partial charge in [-0.1, -0.05) is 182 Å². The fourth-order valence-electron chi connectivity index (χ4n) is 9.52. The molecule has 0 aliphatic heterocycles. The van der Waals surface area contributed by atoms with Crippen molar-refractivity contribution in [2.75, 3.05) is 4.90 Å². The van der Waals surface area contributed by atoms with Crippen LogP contribution in [-0.2, 0) is 0 Å². The maximum atomic E-state index is 6.16. The number of furan rings is 1. The van der Waals surface area contributed by atoms with Gasteiger partial charge in [-0.3, -0.25) is 0 Å².